The Morgan fingerprint density at radius 3 is 2.43 bits per heavy atom. The smallest absolute Gasteiger partial charge is 0.390 e. The Hall–Kier alpha value is -3.15. The Labute approximate surface area is 199 Å². The molecule has 0 radical (unpaired) electrons. The van der Waals surface area contributed by atoms with E-state index in [-0.39, 0.29) is 35.3 Å². The molecule has 0 unspecified atom stereocenters. The number of sulfone groups is 1. The molecule has 1 aliphatic heterocycles. The monoisotopic (exact) mass is 512 g/mol. The number of hydrogen-bond donors (Lipinski definition) is 3. The molecule has 2 heterocycles. The quantitative estimate of drug-likeness (QED) is 0.531. The Morgan fingerprint density at radius 1 is 1.23 bits per heavy atom. The van der Waals surface area contributed by atoms with Gasteiger partial charge in [-0.05, 0) is 43.5 Å². The first-order valence-corrected chi connectivity index (χ1v) is 12.3. The van der Waals surface area contributed by atoms with E-state index < -0.39 is 32.1 Å². The number of anilines is 2. The van der Waals surface area contributed by atoms with E-state index in [1.165, 1.54) is 10.9 Å². The summed E-state index contributed by atoms with van der Waals surface area (Å²) in [5.41, 5.74) is 0.257. The van der Waals surface area contributed by atoms with Crippen LogP contribution in [0, 0.1) is 17.2 Å². The van der Waals surface area contributed by atoms with Crippen molar-refractivity contribution in [3.63, 3.8) is 0 Å². The van der Waals surface area contributed by atoms with Gasteiger partial charge in [-0.2, -0.15) is 23.5 Å². The van der Waals surface area contributed by atoms with E-state index in [2.05, 4.69) is 21.4 Å². The number of primary amides is 1. The zero-order valence-electron chi connectivity index (χ0n) is 18.3. The number of halogens is 3. The molecule has 0 spiro atoms. The number of nitrogens with two attached hydrogens (primary N) is 1. The topological polar surface area (TPSA) is 154 Å². The number of hydrogen-bond acceptors (Lipinski definition) is 8. The zero-order valence-corrected chi connectivity index (χ0v) is 19.1. The van der Waals surface area contributed by atoms with Crippen molar-refractivity contribution < 1.29 is 31.5 Å². The van der Waals surface area contributed by atoms with Crippen LogP contribution in [0.1, 0.15) is 35.7 Å². The molecule has 1 saturated carbocycles. The van der Waals surface area contributed by atoms with Crippen LogP contribution in [0.15, 0.2) is 35.4 Å². The first kappa shape index (κ1) is 25.0. The molecule has 35 heavy (non-hydrogen) atoms. The Balaban J connectivity index is 1.53. The molecular weight excluding hydrogens is 489 g/mol. The predicted molar refractivity (Wildman–Crippen MR) is 117 cm³/mol. The van der Waals surface area contributed by atoms with Crippen LogP contribution in [0.2, 0.25) is 0 Å². The number of nitrogens with one attached hydrogen (secondary N) is 1. The molecule has 1 aromatic carbocycles. The summed E-state index contributed by atoms with van der Waals surface area (Å²) in [5.74, 6) is -1.16. The largest absolute Gasteiger partial charge is 0.501 e. The minimum atomic E-state index is -5.49. The third-order valence-corrected chi connectivity index (χ3v) is 7.93. The summed E-state index contributed by atoms with van der Waals surface area (Å²) in [7, 11) is -5.49. The SMILES string of the molecule is N#C[C@H]1C[C@@H](N2CC(O)C2)CC[C@@H]1n1cc(C(N)=O)c(Nc2ccc(S(=O)(=O)C(F)(F)F)cc2)n1. The van der Waals surface area contributed by atoms with Crippen LogP contribution < -0.4 is 11.1 Å². The van der Waals surface area contributed by atoms with Crippen LogP contribution in [0.3, 0.4) is 0 Å². The number of likely N-dealkylation sites (tertiary alicyclic amines) is 1. The number of aliphatic hydroxyl groups excluding tert-OH is 1. The highest BCUT2D eigenvalue weighted by Crippen LogP contribution is 2.38. The molecule has 4 rings (SSSR count). The van der Waals surface area contributed by atoms with E-state index in [9.17, 15) is 36.8 Å². The standard InChI is InChI=1S/C21H23F3N6O4S/c22-21(23,24)35(33,34)16-4-1-13(2-5-16)27-20-17(19(26)32)11-30(28-20)18-6-3-14(7-12(18)8-25)29-9-15(31)10-29/h1-2,4-5,11-12,14-15,18,31H,3,6-7,9-10H2,(H2,26,32)(H,27,28)/t12-,14+,18+/m1/s1. The molecule has 1 aliphatic carbocycles. The molecule has 10 nitrogen and oxygen atoms in total. The number of benzene rings is 1. The van der Waals surface area contributed by atoms with Gasteiger partial charge in [0.2, 0.25) is 0 Å². The fraction of sp³-hybridized carbons (Fsp3) is 0.476. The van der Waals surface area contributed by atoms with Crippen LogP contribution in [0.4, 0.5) is 24.7 Å². The number of amides is 1. The maximum Gasteiger partial charge on any atom is 0.501 e. The lowest BCUT2D eigenvalue weighted by molar-refractivity contribution is -0.0436. The molecule has 2 aliphatic rings. The van der Waals surface area contributed by atoms with E-state index in [4.69, 9.17) is 5.73 Å². The van der Waals surface area contributed by atoms with Crippen molar-refractivity contribution >= 4 is 27.2 Å². The first-order chi connectivity index (χ1) is 16.4. The predicted octanol–water partition coefficient (Wildman–Crippen LogP) is 1.93. The summed E-state index contributed by atoms with van der Waals surface area (Å²) < 4.78 is 62.8. The summed E-state index contributed by atoms with van der Waals surface area (Å²) in [6.45, 7) is 1.16. The number of aromatic nitrogens is 2. The van der Waals surface area contributed by atoms with Gasteiger partial charge in [-0.3, -0.25) is 14.4 Å². The normalized spacial score (nSPS) is 23.9. The second-order valence-corrected chi connectivity index (χ2v) is 10.7. The van der Waals surface area contributed by atoms with E-state index in [0.29, 0.717) is 25.9 Å². The van der Waals surface area contributed by atoms with Gasteiger partial charge in [0.05, 0.1) is 29.0 Å². The van der Waals surface area contributed by atoms with Crippen molar-refractivity contribution in [3.05, 3.63) is 36.0 Å². The van der Waals surface area contributed by atoms with Gasteiger partial charge in [-0.1, -0.05) is 0 Å². The van der Waals surface area contributed by atoms with Crippen molar-refractivity contribution in [3.8, 4) is 6.07 Å². The summed E-state index contributed by atoms with van der Waals surface area (Å²) >= 11 is 0. The number of carbonyl (C=O) groups is 1. The summed E-state index contributed by atoms with van der Waals surface area (Å²) in [4.78, 5) is 13.2. The van der Waals surface area contributed by atoms with Gasteiger partial charge in [-0.25, -0.2) is 8.42 Å². The minimum absolute atomic E-state index is 0.0154. The molecule has 3 atom stereocenters. The number of nitrogens with zero attached hydrogens (tertiary/aromatic N) is 4. The van der Waals surface area contributed by atoms with E-state index in [1.807, 2.05) is 0 Å². The Morgan fingerprint density at radius 2 is 1.89 bits per heavy atom. The molecule has 0 bridgehead atoms. The average Bonchev–Trinajstić information content (AvgIpc) is 3.20. The van der Waals surface area contributed by atoms with Crippen molar-refractivity contribution in [2.45, 2.75) is 47.9 Å². The molecule has 4 N–H and O–H groups in total. The van der Waals surface area contributed by atoms with Gasteiger partial charge in [0.25, 0.3) is 15.7 Å². The fourth-order valence-corrected chi connectivity index (χ4v) is 5.29. The van der Waals surface area contributed by atoms with Crippen LogP contribution in [0.25, 0.3) is 0 Å². The lowest BCUT2D eigenvalue weighted by Gasteiger charge is -2.45. The first-order valence-electron chi connectivity index (χ1n) is 10.8. The van der Waals surface area contributed by atoms with E-state index in [1.54, 1.807) is 0 Å². The highest BCUT2D eigenvalue weighted by molar-refractivity contribution is 7.92. The maximum absolute atomic E-state index is 12.8. The number of rotatable bonds is 6. The molecule has 14 heteroatoms. The minimum Gasteiger partial charge on any atom is -0.390 e. The van der Waals surface area contributed by atoms with Crippen LogP contribution in [0.5, 0.6) is 0 Å². The Kier molecular flexibility index (Phi) is 6.52. The highest BCUT2D eigenvalue weighted by Gasteiger charge is 2.46. The van der Waals surface area contributed by atoms with E-state index in [0.717, 1.165) is 30.7 Å². The summed E-state index contributed by atoms with van der Waals surface area (Å²) in [5, 5.41) is 26.4. The number of aliphatic hydroxyl groups is 1. The van der Waals surface area contributed by atoms with Gasteiger partial charge in [0, 0.05) is 31.0 Å². The van der Waals surface area contributed by atoms with Gasteiger partial charge in [0.1, 0.15) is 5.56 Å². The van der Waals surface area contributed by atoms with E-state index >= 15 is 0 Å². The highest BCUT2D eigenvalue weighted by atomic mass is 32.2. The molecule has 2 fully saturated rings. The fourth-order valence-electron chi connectivity index (χ4n) is 4.53. The molecule has 1 aromatic heterocycles. The van der Waals surface area contributed by atoms with Crippen LogP contribution in [-0.2, 0) is 9.84 Å². The summed E-state index contributed by atoms with van der Waals surface area (Å²) in [6, 6.07) is 5.98. The van der Waals surface area contributed by atoms with Gasteiger partial charge in [0.15, 0.2) is 5.82 Å². The lowest BCUT2D eigenvalue weighted by Crippen LogP contribution is -2.56. The number of nitriles is 1. The molecule has 2 aromatic rings. The van der Waals surface area contributed by atoms with Gasteiger partial charge in [-0.15, -0.1) is 0 Å². The summed E-state index contributed by atoms with van der Waals surface area (Å²) in [6.07, 6.45) is 3.06. The second-order valence-electron chi connectivity index (χ2n) is 8.71. The van der Waals surface area contributed by atoms with Crippen molar-refractivity contribution in [2.75, 3.05) is 18.4 Å². The van der Waals surface area contributed by atoms with Crippen molar-refractivity contribution in [2.24, 2.45) is 11.7 Å². The number of carbonyl (C=O) groups excluding carboxylic acids is 1. The molecule has 188 valence electrons. The second kappa shape index (κ2) is 9.14. The molecular formula is C21H23F3N6O4S. The third-order valence-electron chi connectivity index (χ3n) is 6.43. The van der Waals surface area contributed by atoms with Crippen LogP contribution >= 0.6 is 0 Å². The van der Waals surface area contributed by atoms with Crippen molar-refractivity contribution in [1.82, 2.24) is 14.7 Å². The van der Waals surface area contributed by atoms with Gasteiger partial charge >= 0.3 is 5.51 Å². The Bertz CT molecular complexity index is 1250. The van der Waals surface area contributed by atoms with Crippen LogP contribution in [-0.4, -0.2) is 64.9 Å². The number of β-amino-alcohol motifs (C(OH)–C–C–N with tert-alkyl or cyclic N) is 1. The number of alkyl halides is 3. The average molecular weight is 513 g/mol. The molecule has 1 saturated heterocycles. The lowest BCUT2D eigenvalue weighted by atomic mass is 9.80. The zero-order chi connectivity index (χ0) is 25.5. The molecule has 1 amide bonds. The van der Waals surface area contributed by atoms with Gasteiger partial charge < -0.3 is 16.2 Å². The maximum atomic E-state index is 12.8. The van der Waals surface area contributed by atoms with Crippen molar-refractivity contribution in [1.29, 1.82) is 5.26 Å². The third kappa shape index (κ3) is 4.84.